The minimum atomic E-state index is -0.292. The van der Waals surface area contributed by atoms with Crippen LogP contribution in [0.25, 0.3) is 0 Å². The van der Waals surface area contributed by atoms with Crippen LogP contribution >= 0.6 is 12.4 Å². The van der Waals surface area contributed by atoms with Gasteiger partial charge in [0.15, 0.2) is 0 Å². The van der Waals surface area contributed by atoms with Crippen LogP contribution in [0.15, 0.2) is 24.3 Å². The van der Waals surface area contributed by atoms with E-state index in [0.29, 0.717) is 24.0 Å². The van der Waals surface area contributed by atoms with E-state index in [-0.39, 0.29) is 23.7 Å². The Labute approximate surface area is 164 Å². The molecule has 2 bridgehead atoms. The normalized spacial score (nSPS) is 29.4. The Morgan fingerprint density at radius 2 is 1.65 bits per heavy atom. The third-order valence-electron chi connectivity index (χ3n) is 6.83. The maximum absolute atomic E-state index is 13.4. The van der Waals surface area contributed by atoms with Crippen LogP contribution in [0.5, 0.6) is 0 Å². The van der Waals surface area contributed by atoms with Crippen molar-refractivity contribution in [2.24, 2.45) is 0 Å². The van der Waals surface area contributed by atoms with Crippen molar-refractivity contribution in [3.05, 3.63) is 35.4 Å². The van der Waals surface area contributed by atoms with Crippen LogP contribution in [0.2, 0.25) is 0 Å². The van der Waals surface area contributed by atoms with Crippen LogP contribution in [0.4, 0.5) is 0 Å². The molecule has 2 heterocycles. The van der Waals surface area contributed by atoms with E-state index in [9.17, 15) is 4.79 Å². The highest BCUT2D eigenvalue weighted by Crippen LogP contribution is 2.42. The Kier molecular flexibility index (Phi) is 5.98. The van der Waals surface area contributed by atoms with Crippen LogP contribution in [-0.4, -0.2) is 24.0 Å². The number of nitrogens with one attached hydrogen (secondary N) is 2. The highest BCUT2D eigenvalue weighted by molar-refractivity contribution is 5.89. The highest BCUT2D eigenvalue weighted by atomic mass is 35.5. The maximum atomic E-state index is 13.4. The average Bonchev–Trinajstić information content (AvgIpc) is 3.23. The minimum Gasteiger partial charge on any atom is -0.352 e. The molecule has 1 saturated carbocycles. The number of fused-ring (bicyclic) bond motifs is 2. The molecular weight excluding hydrogens is 344 g/mol. The first-order valence-corrected chi connectivity index (χ1v) is 10.2. The highest BCUT2D eigenvalue weighted by Gasteiger charge is 2.44. The van der Waals surface area contributed by atoms with Crippen molar-refractivity contribution >= 4 is 18.3 Å². The molecular formula is C22H33ClN2O. The van der Waals surface area contributed by atoms with Gasteiger partial charge in [-0.15, -0.1) is 12.4 Å². The van der Waals surface area contributed by atoms with E-state index in [1.165, 1.54) is 24.0 Å². The molecule has 1 aliphatic carbocycles. The number of rotatable bonds is 4. The van der Waals surface area contributed by atoms with Gasteiger partial charge >= 0.3 is 0 Å². The molecule has 0 radical (unpaired) electrons. The number of piperidine rings is 1. The van der Waals surface area contributed by atoms with E-state index < -0.39 is 0 Å². The van der Waals surface area contributed by atoms with E-state index in [4.69, 9.17) is 0 Å². The first kappa shape index (κ1) is 19.7. The number of carbonyl (C=O) groups is 1. The van der Waals surface area contributed by atoms with Gasteiger partial charge in [0.2, 0.25) is 5.91 Å². The molecule has 0 aromatic heterocycles. The summed E-state index contributed by atoms with van der Waals surface area (Å²) in [7, 11) is 0. The molecule has 3 fully saturated rings. The molecule has 4 heteroatoms. The van der Waals surface area contributed by atoms with E-state index in [0.717, 1.165) is 38.5 Å². The van der Waals surface area contributed by atoms with E-state index in [1.54, 1.807) is 0 Å². The lowest BCUT2D eigenvalue weighted by Crippen LogP contribution is -2.52. The maximum Gasteiger partial charge on any atom is 0.230 e. The predicted octanol–water partition coefficient (Wildman–Crippen LogP) is 4.44. The molecule has 2 unspecified atom stereocenters. The molecule has 2 aliphatic heterocycles. The van der Waals surface area contributed by atoms with Gasteiger partial charge in [0, 0.05) is 18.1 Å². The smallest absolute Gasteiger partial charge is 0.230 e. The summed E-state index contributed by atoms with van der Waals surface area (Å²) >= 11 is 0. The van der Waals surface area contributed by atoms with E-state index in [2.05, 4.69) is 48.7 Å². The summed E-state index contributed by atoms with van der Waals surface area (Å²) in [6.45, 7) is 4.44. The summed E-state index contributed by atoms with van der Waals surface area (Å²) in [5.41, 5.74) is 2.29. The van der Waals surface area contributed by atoms with Crippen LogP contribution < -0.4 is 10.6 Å². The van der Waals surface area contributed by atoms with Crippen molar-refractivity contribution in [2.75, 3.05) is 0 Å². The second kappa shape index (κ2) is 7.90. The lowest BCUT2D eigenvalue weighted by molar-refractivity contribution is -0.127. The van der Waals surface area contributed by atoms with Gasteiger partial charge in [0.25, 0.3) is 0 Å². The fourth-order valence-electron chi connectivity index (χ4n) is 5.31. The second-order valence-electron chi connectivity index (χ2n) is 8.85. The first-order chi connectivity index (χ1) is 12.1. The number of amides is 1. The topological polar surface area (TPSA) is 41.1 Å². The van der Waals surface area contributed by atoms with E-state index >= 15 is 0 Å². The third kappa shape index (κ3) is 3.66. The molecule has 26 heavy (non-hydrogen) atoms. The molecule has 0 spiro atoms. The summed E-state index contributed by atoms with van der Waals surface area (Å²) in [5.74, 6) is 0.821. The van der Waals surface area contributed by atoms with Gasteiger partial charge in [-0.1, -0.05) is 51.0 Å². The minimum absolute atomic E-state index is 0. The summed E-state index contributed by atoms with van der Waals surface area (Å²) in [6, 6.07) is 10.5. The van der Waals surface area contributed by atoms with Crippen molar-refractivity contribution in [3.8, 4) is 0 Å². The SMILES string of the molecule is CC(C)c1ccc(C2(C(=O)NC3CC4CCC(C3)N4)CCCC2)cc1.Cl. The number of hydrogen-bond donors (Lipinski definition) is 2. The summed E-state index contributed by atoms with van der Waals surface area (Å²) in [4.78, 5) is 13.4. The number of halogens is 1. The molecule has 1 amide bonds. The lowest BCUT2D eigenvalue weighted by Gasteiger charge is -2.34. The fraction of sp³-hybridized carbons (Fsp3) is 0.682. The molecule has 2 saturated heterocycles. The monoisotopic (exact) mass is 376 g/mol. The molecule has 2 atom stereocenters. The Morgan fingerprint density at radius 1 is 1.08 bits per heavy atom. The molecule has 1 aromatic carbocycles. The molecule has 1 aromatic rings. The molecule has 4 rings (SSSR count). The number of hydrogen-bond acceptors (Lipinski definition) is 2. The predicted molar refractivity (Wildman–Crippen MR) is 109 cm³/mol. The van der Waals surface area contributed by atoms with Crippen molar-refractivity contribution in [2.45, 2.75) is 94.7 Å². The van der Waals surface area contributed by atoms with Gasteiger partial charge in [0.05, 0.1) is 5.41 Å². The van der Waals surface area contributed by atoms with Gasteiger partial charge in [-0.25, -0.2) is 0 Å². The Bertz CT molecular complexity index is 610. The molecule has 3 aliphatic rings. The van der Waals surface area contributed by atoms with Crippen molar-refractivity contribution in [1.82, 2.24) is 10.6 Å². The molecule has 144 valence electrons. The third-order valence-corrected chi connectivity index (χ3v) is 6.83. The zero-order valence-electron chi connectivity index (χ0n) is 16.1. The van der Waals surface area contributed by atoms with E-state index in [1.807, 2.05) is 0 Å². The zero-order valence-corrected chi connectivity index (χ0v) is 16.9. The quantitative estimate of drug-likeness (QED) is 0.815. The van der Waals surface area contributed by atoms with Crippen LogP contribution in [0, 0.1) is 0 Å². The van der Waals surface area contributed by atoms with Crippen LogP contribution in [0.1, 0.15) is 82.3 Å². The van der Waals surface area contributed by atoms with Gasteiger partial charge in [-0.05, 0) is 55.6 Å². The number of carbonyl (C=O) groups excluding carboxylic acids is 1. The van der Waals surface area contributed by atoms with Gasteiger partial charge in [-0.2, -0.15) is 0 Å². The van der Waals surface area contributed by atoms with Crippen molar-refractivity contribution in [1.29, 1.82) is 0 Å². The summed E-state index contributed by atoms with van der Waals surface area (Å²) in [5, 5.41) is 7.13. The molecule has 3 nitrogen and oxygen atoms in total. The van der Waals surface area contributed by atoms with Gasteiger partial charge in [0.1, 0.15) is 0 Å². The second-order valence-corrected chi connectivity index (χ2v) is 8.85. The fourth-order valence-corrected chi connectivity index (χ4v) is 5.31. The van der Waals surface area contributed by atoms with Crippen LogP contribution in [0.3, 0.4) is 0 Å². The largest absolute Gasteiger partial charge is 0.352 e. The summed E-state index contributed by atoms with van der Waals surface area (Å²) < 4.78 is 0. The zero-order chi connectivity index (χ0) is 17.4. The van der Waals surface area contributed by atoms with Gasteiger partial charge in [-0.3, -0.25) is 4.79 Å². The summed E-state index contributed by atoms with van der Waals surface area (Å²) in [6.07, 6.45) is 9.08. The van der Waals surface area contributed by atoms with Crippen LogP contribution in [-0.2, 0) is 10.2 Å². The van der Waals surface area contributed by atoms with Crippen molar-refractivity contribution < 1.29 is 4.79 Å². The first-order valence-electron chi connectivity index (χ1n) is 10.2. The van der Waals surface area contributed by atoms with Gasteiger partial charge < -0.3 is 10.6 Å². The Hall–Kier alpha value is -1.06. The number of benzene rings is 1. The Morgan fingerprint density at radius 3 is 2.19 bits per heavy atom. The van der Waals surface area contributed by atoms with Crippen molar-refractivity contribution in [3.63, 3.8) is 0 Å². The molecule has 2 N–H and O–H groups in total. The average molecular weight is 377 g/mol. The standard InChI is InChI=1S/C22H32N2O.ClH/c1-15(2)16-5-7-17(8-6-16)22(11-3-4-12-22)21(25)24-20-13-18-9-10-19(14-20)23-18;/h5-8,15,18-20,23H,3-4,9-14H2,1-2H3,(H,24,25);1H. The lowest BCUT2D eigenvalue weighted by atomic mass is 9.77. The Balaban J connectivity index is 0.00000196.